The Hall–Kier alpha value is -0.332. The Morgan fingerprint density at radius 1 is 0.382 bits per heavy atom. The van der Waals surface area contributed by atoms with Crippen molar-refractivity contribution in [1.82, 2.24) is 0 Å². The molecule has 8 heteroatoms. The van der Waals surface area contributed by atoms with Gasteiger partial charge in [-0.15, -0.1) is 22.7 Å². The molecule has 0 bridgehead atoms. The third-order valence-corrected chi connectivity index (χ3v) is 45.6. The van der Waals surface area contributed by atoms with Gasteiger partial charge in [-0.05, 0) is 53.0 Å². The van der Waals surface area contributed by atoms with Crippen LogP contribution in [-0.4, -0.2) is 31.3 Å². The van der Waals surface area contributed by atoms with Gasteiger partial charge in [0, 0.05) is 9.75 Å². The van der Waals surface area contributed by atoms with Crippen LogP contribution in [0.25, 0.3) is 0 Å². The topological polar surface area (TPSA) is 0 Å². The van der Waals surface area contributed by atoms with Crippen molar-refractivity contribution in [2.45, 2.75) is 66.2 Å². The van der Waals surface area contributed by atoms with Crippen molar-refractivity contribution in [1.29, 1.82) is 0 Å². The predicted octanol–water partition coefficient (Wildman–Crippen LogP) is 5.80. The van der Waals surface area contributed by atoms with E-state index >= 15 is 0 Å². The van der Waals surface area contributed by atoms with Crippen LogP contribution in [0.3, 0.4) is 0 Å². The number of hydrogen-bond acceptors (Lipinski definition) is 4. The third-order valence-electron chi connectivity index (χ3n) is 7.95. The lowest BCUT2D eigenvalue weighted by atomic mass is 10.5. The van der Waals surface area contributed by atoms with Gasteiger partial charge in [-0.3, -0.25) is 0 Å². The molecule has 0 nitrogen and oxygen atoms in total. The quantitative estimate of drug-likeness (QED) is 0.239. The number of thiophene rings is 4. The zero-order valence-corrected chi connectivity index (χ0v) is 29.5. The minimum atomic E-state index is -1.61. The number of hydrogen-bond donors (Lipinski definition) is 0. The molecule has 4 aromatic heterocycles. The van der Waals surface area contributed by atoms with E-state index in [-0.39, 0.29) is 0 Å². The second-order valence-electron chi connectivity index (χ2n) is 11.6. The summed E-state index contributed by atoms with van der Waals surface area (Å²) >= 11 is 8.34. The third kappa shape index (κ3) is 4.58. The van der Waals surface area contributed by atoms with Gasteiger partial charge in [0.05, 0.1) is 15.2 Å². The first kappa shape index (κ1) is 26.7. The highest BCUT2D eigenvalue weighted by Crippen LogP contribution is 2.25. The second-order valence-corrected chi connectivity index (χ2v) is 42.3. The lowest BCUT2D eigenvalue weighted by Crippen LogP contribution is -2.68. The molecular weight excluding hydrogens is 553 g/mol. The van der Waals surface area contributed by atoms with Crippen LogP contribution < -0.4 is 27.0 Å². The molecule has 4 aromatic rings. The van der Waals surface area contributed by atoms with Gasteiger partial charge in [-0.1, -0.05) is 88.8 Å². The smallest absolute Gasteiger partial charge is 0.137 e. The summed E-state index contributed by atoms with van der Waals surface area (Å²) in [6, 6.07) is 19.4. The molecule has 0 saturated heterocycles. The average Bonchev–Trinajstić information content (AvgIpc) is 3.53. The first-order valence-corrected chi connectivity index (χ1v) is 28.3. The Kier molecular flexibility index (Phi) is 7.23. The van der Waals surface area contributed by atoms with Gasteiger partial charge >= 0.3 is 0 Å². The molecule has 0 aromatic carbocycles. The van der Waals surface area contributed by atoms with E-state index in [1.165, 1.54) is 9.75 Å². The Labute approximate surface area is 226 Å². The van der Waals surface area contributed by atoms with E-state index in [1.54, 1.807) is 27.0 Å². The van der Waals surface area contributed by atoms with E-state index in [4.69, 9.17) is 0 Å². The molecule has 0 aliphatic heterocycles. The van der Waals surface area contributed by atoms with Crippen LogP contribution in [0.1, 0.15) is 9.75 Å². The predicted molar refractivity (Wildman–Crippen MR) is 174 cm³/mol. The van der Waals surface area contributed by atoms with Crippen LogP contribution >= 0.6 is 45.3 Å². The molecule has 0 amide bonds. The summed E-state index contributed by atoms with van der Waals surface area (Å²) in [6.07, 6.45) is 0. The van der Waals surface area contributed by atoms with E-state index in [2.05, 4.69) is 137 Å². The highest BCUT2D eigenvalue weighted by atomic mass is 32.1. The van der Waals surface area contributed by atoms with Gasteiger partial charge in [0.1, 0.15) is 16.1 Å². The van der Waals surface area contributed by atoms with Crippen molar-refractivity contribution in [2.24, 2.45) is 0 Å². The first-order chi connectivity index (χ1) is 15.7. The summed E-state index contributed by atoms with van der Waals surface area (Å²) in [4.78, 5) is 2.88. The van der Waals surface area contributed by atoms with E-state index in [1.807, 2.05) is 22.7 Å². The molecule has 0 aliphatic carbocycles. The van der Waals surface area contributed by atoms with Crippen molar-refractivity contribution in [2.75, 3.05) is 0 Å². The molecule has 4 rings (SSSR count). The summed E-state index contributed by atoms with van der Waals surface area (Å²) in [5, 5.41) is 0. The van der Waals surface area contributed by atoms with Gasteiger partial charge < -0.3 is 0 Å². The van der Waals surface area contributed by atoms with Crippen LogP contribution in [0.5, 0.6) is 0 Å². The fourth-order valence-corrected chi connectivity index (χ4v) is 31.8. The molecule has 4 heterocycles. The minimum Gasteiger partial charge on any atom is -0.155 e. The maximum atomic E-state index is 2.66. The molecule has 0 atom stereocenters. The molecule has 0 N–H and O–H groups in total. The maximum absolute atomic E-state index is 2.66. The van der Waals surface area contributed by atoms with Crippen LogP contribution in [0.15, 0.2) is 48.5 Å². The highest BCUT2D eigenvalue weighted by molar-refractivity contribution is 7.61. The average molecular weight is 591 g/mol. The van der Waals surface area contributed by atoms with Crippen LogP contribution in [-0.2, 0) is 0 Å². The highest BCUT2D eigenvalue weighted by Gasteiger charge is 2.47. The second kappa shape index (κ2) is 9.20. The molecular formula is C26H38S4Si4. The molecule has 0 aliphatic rings. The summed E-state index contributed by atoms with van der Waals surface area (Å²) in [5.41, 5.74) is 0. The van der Waals surface area contributed by atoms with Gasteiger partial charge in [0.15, 0.2) is 0 Å². The molecule has 182 valence electrons. The summed E-state index contributed by atoms with van der Waals surface area (Å²) in [7, 11) is -6.43. The lowest BCUT2D eigenvalue weighted by Gasteiger charge is -2.37. The van der Waals surface area contributed by atoms with E-state index in [0.29, 0.717) is 0 Å². The minimum absolute atomic E-state index is 1.44. The SMILES string of the molecule is Cc1ccc([Si](C)(C)c2ccc([Si](C)(C)[Si](C)(C)c3ccc([Si](C)(C)c4ccc(C)s4)s3)s2)s1. The Morgan fingerprint density at radius 2 is 0.647 bits per heavy atom. The van der Waals surface area contributed by atoms with Gasteiger partial charge in [-0.25, -0.2) is 0 Å². The van der Waals surface area contributed by atoms with E-state index in [0.717, 1.165) is 0 Å². The molecule has 0 spiro atoms. The summed E-state index contributed by atoms with van der Waals surface area (Å²) < 4.78 is 9.98. The molecule has 0 radical (unpaired) electrons. The fraction of sp³-hybridized carbons (Fsp3) is 0.385. The van der Waals surface area contributed by atoms with Crippen molar-refractivity contribution in [3.8, 4) is 0 Å². The molecule has 0 saturated carbocycles. The molecule has 34 heavy (non-hydrogen) atoms. The van der Waals surface area contributed by atoms with Crippen molar-refractivity contribution in [3.05, 3.63) is 58.3 Å². The summed E-state index contributed by atoms with van der Waals surface area (Å²) in [6.45, 7) is 25.2. The first-order valence-electron chi connectivity index (χ1n) is 12.0. The van der Waals surface area contributed by atoms with Crippen molar-refractivity contribution >= 4 is 104 Å². The van der Waals surface area contributed by atoms with Crippen LogP contribution in [0.4, 0.5) is 0 Å². The number of rotatable bonds is 7. The van der Waals surface area contributed by atoms with Crippen molar-refractivity contribution in [3.63, 3.8) is 0 Å². The summed E-state index contributed by atoms with van der Waals surface area (Å²) in [5.74, 6) is 0. The standard InChI is InChI=1S/C26H38S4Si4/c1-19-11-13-21(27-19)31(3,4)23-15-17-25(29-23)33(7,8)34(9,10)26-18-16-24(30-26)32(5,6)22-14-12-20(2)28-22/h11-18H,1-10H3. The molecule has 0 unspecified atom stereocenters. The monoisotopic (exact) mass is 590 g/mol. The Bertz CT molecular complexity index is 1200. The Morgan fingerprint density at radius 3 is 0.941 bits per heavy atom. The fourth-order valence-electron chi connectivity index (χ4n) is 4.42. The van der Waals surface area contributed by atoms with Crippen LogP contribution in [0.2, 0.25) is 52.4 Å². The van der Waals surface area contributed by atoms with E-state index in [9.17, 15) is 0 Å². The zero-order valence-electron chi connectivity index (χ0n) is 22.3. The molecule has 0 fully saturated rings. The zero-order chi connectivity index (χ0) is 25.1. The Balaban J connectivity index is 1.65. The van der Waals surface area contributed by atoms with Gasteiger partial charge in [0.25, 0.3) is 0 Å². The van der Waals surface area contributed by atoms with Gasteiger partial charge in [-0.2, -0.15) is 22.7 Å². The lowest BCUT2D eigenvalue weighted by molar-refractivity contribution is 1.64. The largest absolute Gasteiger partial charge is 0.155 e. The normalized spacial score (nSPS) is 13.6. The van der Waals surface area contributed by atoms with Crippen LogP contribution in [0, 0.1) is 13.8 Å². The van der Waals surface area contributed by atoms with Crippen molar-refractivity contribution < 1.29 is 0 Å². The van der Waals surface area contributed by atoms with Gasteiger partial charge in [0.2, 0.25) is 0 Å². The number of aryl methyl sites for hydroxylation is 2. The van der Waals surface area contributed by atoms with E-state index < -0.39 is 31.3 Å². The maximum Gasteiger partial charge on any atom is 0.137 e.